The van der Waals surface area contributed by atoms with Gasteiger partial charge in [0.15, 0.2) is 11.6 Å². The van der Waals surface area contributed by atoms with Crippen LogP contribution in [-0.2, 0) is 42.2 Å². The first-order valence-corrected chi connectivity index (χ1v) is 26.2. The largest absolute Gasteiger partial charge is 0.491 e. The molecule has 6 N–H and O–H groups in total. The number of benzene rings is 2. The van der Waals surface area contributed by atoms with Gasteiger partial charge in [0, 0.05) is 73.8 Å². The van der Waals surface area contributed by atoms with E-state index in [0.29, 0.717) is 106 Å². The van der Waals surface area contributed by atoms with Crippen LogP contribution in [0.15, 0.2) is 60.8 Å². The van der Waals surface area contributed by atoms with Gasteiger partial charge in [-0.1, -0.05) is 12.2 Å². The number of aromatic nitrogens is 11. The van der Waals surface area contributed by atoms with Crippen molar-refractivity contribution >= 4 is 68.6 Å². The van der Waals surface area contributed by atoms with Crippen molar-refractivity contribution in [3.63, 3.8) is 0 Å². The second-order valence-corrected chi connectivity index (χ2v) is 19.7. The van der Waals surface area contributed by atoms with Gasteiger partial charge in [-0.25, -0.2) is 24.5 Å². The zero-order chi connectivity index (χ0) is 56.7. The molecule has 0 saturated carbocycles. The number of aryl methyl sites for hydroxylation is 6. The molecule has 0 atom stereocenters. The van der Waals surface area contributed by atoms with Gasteiger partial charge in [0.2, 0.25) is 17.8 Å². The minimum absolute atomic E-state index is 0.0368. The van der Waals surface area contributed by atoms with Crippen LogP contribution in [0.3, 0.4) is 0 Å². The highest BCUT2D eigenvalue weighted by Gasteiger charge is 2.24. The minimum Gasteiger partial charge on any atom is -0.491 e. The number of Topliss-reactive ketones (excluding diaryl/α,β-unsaturated/α-hetero) is 1. The Bertz CT molecular complexity index is 3630. The minimum atomic E-state index is -0.706. The number of hydrogen-bond donors (Lipinski definition) is 4. The van der Waals surface area contributed by atoms with Crippen LogP contribution in [0.4, 0.5) is 10.7 Å². The van der Waals surface area contributed by atoms with Crippen LogP contribution in [0.5, 0.6) is 11.5 Å². The van der Waals surface area contributed by atoms with Gasteiger partial charge in [0.25, 0.3) is 0 Å². The smallest absolute Gasteiger partial charge is 0.407 e. The number of nitrogens with zero attached hydrogens (tertiary/aromatic N) is 11. The van der Waals surface area contributed by atoms with Crippen molar-refractivity contribution < 1.29 is 42.9 Å². The van der Waals surface area contributed by atoms with Gasteiger partial charge in [-0.3, -0.25) is 28.4 Å². The molecule has 0 spiro atoms. The zero-order valence-electron chi connectivity index (χ0n) is 46.0. The maximum atomic E-state index is 13.8. The summed E-state index contributed by atoms with van der Waals surface area (Å²) in [5.41, 5.74) is 17.1. The van der Waals surface area contributed by atoms with Crippen molar-refractivity contribution in [2.45, 2.75) is 113 Å². The van der Waals surface area contributed by atoms with E-state index in [-0.39, 0.29) is 68.7 Å². The number of rotatable bonds is 25. The number of nitrogens with two attached hydrogens (primary N) is 2. The van der Waals surface area contributed by atoms with Gasteiger partial charge in [-0.2, -0.15) is 15.3 Å². The molecule has 416 valence electrons. The number of imidazole rings is 1. The Morgan fingerprint density at radius 3 is 1.92 bits per heavy atom. The highest BCUT2D eigenvalue weighted by molar-refractivity contribution is 6.12. The highest BCUT2D eigenvalue weighted by atomic mass is 16.6. The number of allylic oxidation sites excluding steroid dienone is 2. The summed E-state index contributed by atoms with van der Waals surface area (Å²) in [6.45, 7) is 19.0. The molecule has 6 aromatic heterocycles. The number of primary amides is 2. The van der Waals surface area contributed by atoms with Crippen LogP contribution in [-0.4, -0.2) is 122 Å². The molecular formula is C55H67N15O9. The fraction of sp³-hybridized carbons (Fsp3) is 0.400. The second-order valence-electron chi connectivity index (χ2n) is 19.7. The lowest BCUT2D eigenvalue weighted by atomic mass is 10.1. The molecule has 0 aliphatic carbocycles. The maximum Gasteiger partial charge on any atom is 0.407 e. The lowest BCUT2D eigenvalue weighted by molar-refractivity contribution is 0.0469. The predicted molar refractivity (Wildman–Crippen MR) is 295 cm³/mol. The summed E-state index contributed by atoms with van der Waals surface area (Å²) in [5, 5.41) is 20.6. The number of carbonyl (C=O) groups is 5. The van der Waals surface area contributed by atoms with Gasteiger partial charge in [-0.15, -0.1) is 0 Å². The molecule has 0 saturated heterocycles. The summed E-state index contributed by atoms with van der Waals surface area (Å²) in [6.07, 6.45) is 5.70. The van der Waals surface area contributed by atoms with Gasteiger partial charge in [-0.05, 0) is 111 Å². The van der Waals surface area contributed by atoms with Crippen molar-refractivity contribution in [3.8, 4) is 23.0 Å². The molecule has 24 nitrogen and oxygen atoms in total. The normalized spacial score (nSPS) is 11.8. The van der Waals surface area contributed by atoms with Crippen molar-refractivity contribution in [3.05, 3.63) is 100 Å². The van der Waals surface area contributed by atoms with E-state index >= 15 is 0 Å². The maximum absolute atomic E-state index is 13.8. The van der Waals surface area contributed by atoms with Gasteiger partial charge < -0.3 is 50.2 Å². The number of nitrogens with one attached hydrogen (secondary N) is 2. The van der Waals surface area contributed by atoms with E-state index in [1.165, 1.54) is 6.07 Å². The highest BCUT2D eigenvalue weighted by Crippen LogP contribution is 2.37. The monoisotopic (exact) mass is 1080 g/mol. The van der Waals surface area contributed by atoms with E-state index in [4.69, 9.17) is 45.4 Å². The number of amides is 3. The van der Waals surface area contributed by atoms with Crippen LogP contribution in [0, 0.1) is 20.8 Å². The summed E-state index contributed by atoms with van der Waals surface area (Å²) in [7, 11) is 0. The zero-order valence-corrected chi connectivity index (χ0v) is 46.0. The molecule has 8 aromatic rings. The van der Waals surface area contributed by atoms with E-state index in [0.717, 1.165) is 11.4 Å². The SMILES string of the molecule is CCn1nc(C)cc1C(=O)CNc1nc2cc(C(N)=O)cc(OCCCOC(=O)c3cc(C)nn3CC)c2n1C/C=C/Cn1c2nc(-c3cc(C)nn3CC)ncc2c2cc(C(N)=O)cc(OCCCNC(=O)OC(C)(C)C)c21. The molecule has 0 aliphatic rings. The summed E-state index contributed by atoms with van der Waals surface area (Å²) in [4.78, 5) is 79.5. The second kappa shape index (κ2) is 24.1. The third kappa shape index (κ3) is 12.9. The third-order valence-corrected chi connectivity index (χ3v) is 12.5. The first kappa shape index (κ1) is 56.1. The molecule has 79 heavy (non-hydrogen) atoms. The topological polar surface area (TPSA) is 300 Å². The Morgan fingerprint density at radius 1 is 0.671 bits per heavy atom. The summed E-state index contributed by atoms with van der Waals surface area (Å²) in [5.74, 6) is -0.745. The van der Waals surface area contributed by atoms with Crippen LogP contribution < -0.4 is 31.6 Å². The predicted octanol–water partition coefficient (Wildman–Crippen LogP) is 6.84. The van der Waals surface area contributed by atoms with Gasteiger partial charge in [0.1, 0.15) is 45.3 Å². The van der Waals surface area contributed by atoms with Crippen LogP contribution in [0.2, 0.25) is 0 Å². The average molecular weight is 1080 g/mol. The summed E-state index contributed by atoms with van der Waals surface area (Å²) < 4.78 is 32.6. The third-order valence-electron chi connectivity index (χ3n) is 12.5. The van der Waals surface area contributed by atoms with Crippen molar-refractivity contribution in [1.82, 2.24) is 58.7 Å². The standard InChI is InChI=1S/C55H67N15O9/c1-10-68-40(23-32(4)63-68)43(71)31-60-53-61-39-27-36(49(57)73)29-45(77-21-16-22-78-52(74)42-25-34(6)65-70(42)12-3)47(39)67(53)19-14-13-18-66-46-37(38-30-59-50(62-51(38)66)41-24-33(5)64-69(41)11-2)26-35(48(56)72)28-44(46)76-20-15-17-58-54(75)79-55(7,8)9/h13-14,23-30H,10-12,15-22,31H2,1-9H3,(H2,56,72)(H2,57,73)(H,58,75)(H,60,61)/b14-13+. The lowest BCUT2D eigenvalue weighted by Crippen LogP contribution is -2.33. The Balaban J connectivity index is 1.15. The van der Waals surface area contributed by atoms with Crippen molar-refractivity contribution in [1.29, 1.82) is 0 Å². The number of alkyl carbamates (subject to hydrolysis) is 1. The Hall–Kier alpha value is -9.09. The fourth-order valence-corrected chi connectivity index (χ4v) is 9.09. The number of hydrogen-bond acceptors (Lipinski definition) is 16. The molecule has 8 rings (SSSR count). The number of fused-ring (bicyclic) bond motifs is 4. The van der Waals surface area contributed by atoms with Crippen molar-refractivity contribution in [2.24, 2.45) is 11.5 Å². The first-order valence-electron chi connectivity index (χ1n) is 26.2. The molecule has 0 aliphatic heterocycles. The van der Waals surface area contributed by atoms with Crippen molar-refractivity contribution in [2.75, 3.05) is 38.2 Å². The number of ketones is 1. The van der Waals surface area contributed by atoms with E-state index in [2.05, 4.69) is 25.9 Å². The first-order chi connectivity index (χ1) is 37.8. The van der Waals surface area contributed by atoms with Crippen LogP contribution in [0.1, 0.15) is 113 Å². The number of carbonyl (C=O) groups excluding carboxylic acids is 5. The molecule has 24 heteroatoms. The molecular weight excluding hydrogens is 1010 g/mol. The molecule has 2 aromatic carbocycles. The van der Waals surface area contributed by atoms with E-state index in [9.17, 15) is 24.0 Å². The van der Waals surface area contributed by atoms with Crippen LogP contribution >= 0.6 is 0 Å². The molecule has 0 bridgehead atoms. The molecule has 0 unspecified atom stereocenters. The Kier molecular flexibility index (Phi) is 17.1. The molecule has 3 amide bonds. The lowest BCUT2D eigenvalue weighted by Gasteiger charge is -2.19. The Labute approximate surface area is 455 Å². The fourth-order valence-electron chi connectivity index (χ4n) is 9.09. The van der Waals surface area contributed by atoms with Gasteiger partial charge >= 0.3 is 12.1 Å². The van der Waals surface area contributed by atoms with E-state index < -0.39 is 29.5 Å². The summed E-state index contributed by atoms with van der Waals surface area (Å²) in [6, 6.07) is 11.7. The average Bonchev–Trinajstić information content (AvgIpc) is 4.45. The quantitative estimate of drug-likeness (QED) is 0.0197. The molecule has 6 heterocycles. The molecule has 0 fully saturated rings. The van der Waals surface area contributed by atoms with Crippen LogP contribution in [0.25, 0.3) is 44.5 Å². The number of anilines is 1. The number of esters is 1. The Morgan fingerprint density at radius 2 is 1.27 bits per heavy atom. The van der Waals surface area contributed by atoms with Gasteiger partial charge in [0.05, 0.1) is 54.5 Å². The summed E-state index contributed by atoms with van der Waals surface area (Å²) >= 11 is 0. The molecule has 0 radical (unpaired) electrons. The number of ether oxygens (including phenoxy) is 4. The van der Waals surface area contributed by atoms with E-state index in [1.807, 2.05) is 66.7 Å². The van der Waals surface area contributed by atoms with E-state index in [1.54, 1.807) is 73.6 Å².